The molecule has 3 rings (SSSR count). The van der Waals surface area contributed by atoms with Gasteiger partial charge < -0.3 is 4.90 Å². The Morgan fingerprint density at radius 3 is 2.83 bits per heavy atom. The number of nitroso groups, excluding NO2 is 1. The lowest BCUT2D eigenvalue weighted by Crippen LogP contribution is -2.21. The molecule has 0 amide bonds. The summed E-state index contributed by atoms with van der Waals surface area (Å²) in [4.78, 5) is 26.4. The van der Waals surface area contributed by atoms with E-state index < -0.39 is 6.04 Å². The minimum absolute atomic E-state index is 0.152. The predicted molar refractivity (Wildman–Crippen MR) is 94.1 cm³/mol. The topological polar surface area (TPSA) is 40.4 Å². The lowest BCUT2D eigenvalue weighted by Gasteiger charge is -2.18. The number of carbonyl (C=O) groups is 1. The first-order valence-electron chi connectivity index (χ1n) is 7.79. The molecule has 1 aromatic carbocycles. The molecule has 0 saturated carbocycles. The fraction of sp³-hybridized carbons (Fsp3) is 0.389. The zero-order chi connectivity index (χ0) is 16.4. The van der Waals surface area contributed by atoms with E-state index in [1.54, 1.807) is 6.08 Å². The summed E-state index contributed by atoms with van der Waals surface area (Å²) in [6.07, 6.45) is 9.65. The maximum atomic E-state index is 12.2. The van der Waals surface area contributed by atoms with Gasteiger partial charge in [0.1, 0.15) is 0 Å². The summed E-state index contributed by atoms with van der Waals surface area (Å²) in [5.74, 6) is 2.40. The van der Waals surface area contributed by atoms with E-state index in [0.29, 0.717) is 5.03 Å². The Labute approximate surface area is 140 Å². The molecular formula is C18H19N2O2S+. The highest BCUT2D eigenvalue weighted by atomic mass is 32.2. The number of carbonyl (C=O) groups excluding carboxylic acids is 1. The molecule has 0 spiro atoms. The van der Waals surface area contributed by atoms with Gasteiger partial charge in [-0.1, -0.05) is 12.0 Å². The van der Waals surface area contributed by atoms with Gasteiger partial charge in [-0.3, -0.25) is 4.79 Å². The molecule has 0 N–H and O–H groups in total. The Kier molecular flexibility index (Phi) is 4.53. The van der Waals surface area contributed by atoms with Crippen molar-refractivity contribution in [2.45, 2.75) is 32.2 Å². The maximum Gasteiger partial charge on any atom is 0.299 e. The van der Waals surface area contributed by atoms with Crippen molar-refractivity contribution in [1.29, 1.82) is 0 Å². The van der Waals surface area contributed by atoms with Crippen molar-refractivity contribution in [1.82, 2.24) is 0 Å². The van der Waals surface area contributed by atoms with E-state index in [-0.39, 0.29) is 11.5 Å². The van der Waals surface area contributed by atoms with Gasteiger partial charge in [0.2, 0.25) is 0 Å². The molecule has 23 heavy (non-hydrogen) atoms. The molecule has 0 radical (unpaired) electrons. The van der Waals surface area contributed by atoms with E-state index >= 15 is 0 Å². The molecule has 4 nitrogen and oxygen atoms in total. The van der Waals surface area contributed by atoms with Gasteiger partial charge in [0.25, 0.3) is 16.2 Å². The number of anilines is 1. The molecule has 2 saturated heterocycles. The van der Waals surface area contributed by atoms with Crippen LogP contribution in [0, 0.1) is 24.2 Å². The normalized spacial score (nSPS) is 22.9. The van der Waals surface area contributed by atoms with Gasteiger partial charge >= 0.3 is 0 Å². The molecule has 2 aliphatic heterocycles. The quantitative estimate of drug-likeness (QED) is 0.631. The fourth-order valence-electron chi connectivity index (χ4n) is 2.96. The molecule has 2 aliphatic rings. The Hall–Kier alpha value is -2.06. The number of hydrogen-bond acceptors (Lipinski definition) is 4. The van der Waals surface area contributed by atoms with Crippen molar-refractivity contribution in [3.63, 3.8) is 0 Å². The van der Waals surface area contributed by atoms with E-state index in [1.165, 1.54) is 18.5 Å². The van der Waals surface area contributed by atoms with Gasteiger partial charge in [0, 0.05) is 41.5 Å². The van der Waals surface area contributed by atoms with Crippen LogP contribution in [-0.4, -0.2) is 29.0 Å². The summed E-state index contributed by atoms with van der Waals surface area (Å²) >= 11 is 0.984. The van der Waals surface area contributed by atoms with Crippen LogP contribution >= 0.6 is 11.8 Å². The second kappa shape index (κ2) is 6.59. The molecular weight excluding hydrogens is 308 g/mol. The number of rotatable bonds is 3. The van der Waals surface area contributed by atoms with Gasteiger partial charge in [-0.05, 0) is 43.0 Å². The van der Waals surface area contributed by atoms with E-state index in [0.717, 1.165) is 40.7 Å². The van der Waals surface area contributed by atoms with Gasteiger partial charge in [-0.25, -0.2) is 0 Å². The molecule has 2 fully saturated rings. The average molecular weight is 327 g/mol. The van der Waals surface area contributed by atoms with Gasteiger partial charge in [0.05, 0.1) is 11.2 Å². The zero-order valence-corrected chi connectivity index (χ0v) is 13.9. The van der Waals surface area contributed by atoms with Crippen molar-refractivity contribution >= 4 is 28.6 Å². The maximum absolute atomic E-state index is 12.2. The third-order valence-electron chi connectivity index (χ3n) is 4.29. The van der Waals surface area contributed by atoms with Gasteiger partial charge in [-0.2, -0.15) is 0 Å². The molecule has 1 unspecified atom stereocenters. The van der Waals surface area contributed by atoms with Crippen LogP contribution in [0.25, 0.3) is 6.08 Å². The summed E-state index contributed by atoms with van der Waals surface area (Å²) in [5, 5.41) is 0.253. The van der Waals surface area contributed by atoms with Gasteiger partial charge in [0.15, 0.2) is 0 Å². The van der Waals surface area contributed by atoms with Crippen LogP contribution in [0.2, 0.25) is 0 Å². The van der Waals surface area contributed by atoms with Crippen molar-refractivity contribution in [3.05, 3.63) is 39.3 Å². The first-order valence-corrected chi connectivity index (χ1v) is 8.60. The Morgan fingerprint density at radius 2 is 2.17 bits per heavy atom. The minimum atomic E-state index is -0.750. The third kappa shape index (κ3) is 3.18. The SMILES string of the molecule is C#CCC1C(=O)S/C(=C\c2ccc(N3CCCC3)cc2C)[N+]1=O. The van der Waals surface area contributed by atoms with E-state index in [9.17, 15) is 9.70 Å². The lowest BCUT2D eigenvalue weighted by atomic mass is 10.1. The lowest BCUT2D eigenvalue weighted by molar-refractivity contribution is -0.505. The van der Waals surface area contributed by atoms with Gasteiger partial charge in [-0.15, -0.1) is 6.42 Å². The summed E-state index contributed by atoms with van der Waals surface area (Å²) in [6.45, 7) is 4.24. The molecule has 0 aliphatic carbocycles. The largest absolute Gasteiger partial charge is 0.372 e. The number of aryl methyl sites for hydroxylation is 1. The molecule has 5 heteroatoms. The highest BCUT2D eigenvalue weighted by molar-refractivity contribution is 8.17. The van der Waals surface area contributed by atoms with E-state index in [4.69, 9.17) is 6.42 Å². The van der Waals surface area contributed by atoms with E-state index in [1.807, 2.05) is 13.0 Å². The Bertz CT molecular complexity index is 727. The molecule has 0 bridgehead atoms. The van der Waals surface area contributed by atoms with Crippen LogP contribution < -0.4 is 4.90 Å². The van der Waals surface area contributed by atoms with Crippen LogP contribution in [0.4, 0.5) is 5.69 Å². The second-order valence-corrected chi connectivity index (χ2v) is 6.91. The van der Waals surface area contributed by atoms with Crippen molar-refractivity contribution in [2.75, 3.05) is 18.0 Å². The molecule has 1 aromatic rings. The summed E-state index contributed by atoms with van der Waals surface area (Å²) < 4.78 is 0.751. The van der Waals surface area contributed by atoms with Crippen LogP contribution in [0.15, 0.2) is 23.2 Å². The minimum Gasteiger partial charge on any atom is -0.372 e. The average Bonchev–Trinajstić information content (AvgIpc) is 3.14. The molecule has 118 valence electrons. The third-order valence-corrected chi connectivity index (χ3v) is 5.27. The monoisotopic (exact) mass is 327 g/mol. The molecule has 0 aromatic heterocycles. The van der Waals surface area contributed by atoms with E-state index in [2.05, 4.69) is 23.0 Å². The zero-order valence-electron chi connectivity index (χ0n) is 13.1. The van der Waals surface area contributed by atoms with Crippen molar-refractivity contribution in [3.8, 4) is 12.3 Å². The molecule has 1 atom stereocenters. The van der Waals surface area contributed by atoms with Crippen molar-refractivity contribution in [2.24, 2.45) is 0 Å². The number of terminal acetylenes is 1. The standard InChI is InChI=1S/C18H19N2O2S/c1-3-6-16-18(21)23-17(20(16)22)12-14-7-8-15(11-13(14)2)19-9-4-5-10-19/h1,7-8,11-12,16H,4-6,9-10H2,2H3/q+1/b17-12-. The smallest absolute Gasteiger partial charge is 0.299 e. The predicted octanol–water partition coefficient (Wildman–Crippen LogP) is 3.34. The first-order chi connectivity index (χ1) is 11.1. The number of hydrogen-bond donors (Lipinski definition) is 0. The summed E-state index contributed by atoms with van der Waals surface area (Å²) in [7, 11) is 0. The highest BCUT2D eigenvalue weighted by Gasteiger charge is 2.46. The van der Waals surface area contributed by atoms with Crippen LogP contribution in [-0.2, 0) is 4.79 Å². The number of benzene rings is 1. The molecule has 2 heterocycles. The Balaban J connectivity index is 1.84. The highest BCUT2D eigenvalue weighted by Crippen LogP contribution is 2.34. The van der Waals surface area contributed by atoms with Crippen LogP contribution in [0.3, 0.4) is 0 Å². The van der Waals surface area contributed by atoms with Crippen LogP contribution in [0.1, 0.15) is 30.4 Å². The second-order valence-electron chi connectivity index (χ2n) is 5.89. The Morgan fingerprint density at radius 1 is 1.43 bits per heavy atom. The van der Waals surface area contributed by atoms with Crippen LogP contribution in [0.5, 0.6) is 0 Å². The number of nitrogens with zero attached hydrogens (tertiary/aromatic N) is 2. The number of thioether (sulfide) groups is 1. The fourth-order valence-corrected chi connectivity index (χ4v) is 3.89. The first kappa shape index (κ1) is 15.8. The van der Waals surface area contributed by atoms with Crippen molar-refractivity contribution < 1.29 is 9.55 Å². The summed E-state index contributed by atoms with van der Waals surface area (Å²) in [6, 6.07) is 5.50. The summed E-state index contributed by atoms with van der Waals surface area (Å²) in [5.41, 5.74) is 3.29.